The smallest absolute Gasteiger partial charge is 0.237 e. The molecule has 0 N–H and O–H groups in total. The molecule has 0 atom stereocenters. The van der Waals surface area contributed by atoms with Crippen LogP contribution in [0.25, 0.3) is 0 Å². The third-order valence-electron chi connectivity index (χ3n) is 3.31. The standard InChI is InChI=1S/C19H20N2O2S/c1-2-23-17-11-9-16(10-12-17)21(14-6-13-20)19(22)15-24-18-7-4-3-5-8-18/h3-5,7-12H,2,6,14-15H2,1H3. The van der Waals surface area contributed by atoms with Crippen molar-refractivity contribution in [2.45, 2.75) is 18.2 Å². The number of hydrogen-bond donors (Lipinski definition) is 0. The van der Waals surface area contributed by atoms with E-state index in [0.717, 1.165) is 16.3 Å². The summed E-state index contributed by atoms with van der Waals surface area (Å²) in [5.74, 6) is 1.10. The first-order valence-electron chi connectivity index (χ1n) is 7.82. The van der Waals surface area contributed by atoms with Gasteiger partial charge in [-0.25, -0.2) is 0 Å². The average molecular weight is 340 g/mol. The molecule has 2 aromatic carbocycles. The van der Waals surface area contributed by atoms with E-state index in [1.165, 1.54) is 11.8 Å². The minimum absolute atomic E-state index is 0.0109. The Morgan fingerprint density at radius 1 is 1.17 bits per heavy atom. The van der Waals surface area contributed by atoms with Crippen LogP contribution in [0.5, 0.6) is 5.75 Å². The molecule has 24 heavy (non-hydrogen) atoms. The molecule has 4 nitrogen and oxygen atoms in total. The van der Waals surface area contributed by atoms with E-state index in [2.05, 4.69) is 6.07 Å². The minimum Gasteiger partial charge on any atom is -0.494 e. The molecule has 0 aliphatic rings. The van der Waals surface area contributed by atoms with Gasteiger partial charge in [0.1, 0.15) is 5.75 Å². The lowest BCUT2D eigenvalue weighted by atomic mass is 10.2. The van der Waals surface area contributed by atoms with Gasteiger partial charge in [-0.05, 0) is 43.3 Å². The molecule has 2 aromatic rings. The first kappa shape index (κ1) is 17.9. The highest BCUT2D eigenvalue weighted by molar-refractivity contribution is 8.00. The van der Waals surface area contributed by atoms with E-state index >= 15 is 0 Å². The molecule has 0 aliphatic heterocycles. The molecule has 124 valence electrons. The summed E-state index contributed by atoms with van der Waals surface area (Å²) in [4.78, 5) is 15.3. The molecule has 0 bridgehead atoms. The zero-order valence-corrected chi connectivity index (χ0v) is 14.5. The lowest BCUT2D eigenvalue weighted by Crippen LogP contribution is -2.33. The summed E-state index contributed by atoms with van der Waals surface area (Å²) in [5.41, 5.74) is 0.785. The summed E-state index contributed by atoms with van der Waals surface area (Å²) in [6.07, 6.45) is 0.301. The number of hydrogen-bond acceptors (Lipinski definition) is 4. The Morgan fingerprint density at radius 2 is 1.88 bits per heavy atom. The van der Waals surface area contributed by atoms with Gasteiger partial charge in [0.25, 0.3) is 0 Å². The Kier molecular flexibility index (Phi) is 7.19. The van der Waals surface area contributed by atoms with Crippen molar-refractivity contribution in [3.63, 3.8) is 0 Å². The number of carbonyl (C=O) groups is 1. The van der Waals surface area contributed by atoms with Crippen molar-refractivity contribution in [1.29, 1.82) is 5.26 Å². The van der Waals surface area contributed by atoms with Crippen molar-refractivity contribution in [1.82, 2.24) is 0 Å². The second-order valence-electron chi connectivity index (χ2n) is 4.98. The van der Waals surface area contributed by atoms with Crippen LogP contribution in [0.3, 0.4) is 0 Å². The SMILES string of the molecule is CCOc1ccc(N(CCC#N)C(=O)CSc2ccccc2)cc1. The Bertz CT molecular complexity index is 681. The molecule has 0 radical (unpaired) electrons. The summed E-state index contributed by atoms with van der Waals surface area (Å²) >= 11 is 1.50. The van der Waals surface area contributed by atoms with Gasteiger partial charge in [-0.3, -0.25) is 4.79 Å². The molecule has 0 unspecified atom stereocenters. The van der Waals surface area contributed by atoms with Crippen LogP contribution in [0.1, 0.15) is 13.3 Å². The van der Waals surface area contributed by atoms with Crippen LogP contribution in [0, 0.1) is 11.3 Å². The Balaban J connectivity index is 2.06. The number of anilines is 1. The van der Waals surface area contributed by atoms with Crippen molar-refractivity contribution in [3.8, 4) is 11.8 Å². The Labute approximate surface area is 147 Å². The van der Waals surface area contributed by atoms with Gasteiger partial charge < -0.3 is 9.64 Å². The van der Waals surface area contributed by atoms with Gasteiger partial charge in [-0.1, -0.05) is 18.2 Å². The van der Waals surface area contributed by atoms with Gasteiger partial charge in [0.2, 0.25) is 5.91 Å². The third-order valence-corrected chi connectivity index (χ3v) is 4.31. The predicted molar refractivity (Wildman–Crippen MR) is 97.4 cm³/mol. The van der Waals surface area contributed by atoms with E-state index in [1.54, 1.807) is 4.90 Å². The van der Waals surface area contributed by atoms with Gasteiger partial charge in [0, 0.05) is 17.1 Å². The highest BCUT2D eigenvalue weighted by atomic mass is 32.2. The lowest BCUT2D eigenvalue weighted by Gasteiger charge is -2.22. The average Bonchev–Trinajstić information content (AvgIpc) is 2.62. The molecule has 5 heteroatoms. The largest absolute Gasteiger partial charge is 0.494 e. The van der Waals surface area contributed by atoms with E-state index in [9.17, 15) is 4.79 Å². The fourth-order valence-electron chi connectivity index (χ4n) is 2.19. The fourth-order valence-corrected chi connectivity index (χ4v) is 2.98. The second kappa shape index (κ2) is 9.64. The molecule has 0 spiro atoms. The maximum atomic E-state index is 12.6. The Morgan fingerprint density at radius 3 is 2.50 bits per heavy atom. The summed E-state index contributed by atoms with van der Waals surface area (Å²) in [7, 11) is 0. The summed E-state index contributed by atoms with van der Waals surface area (Å²) in [5, 5.41) is 8.85. The van der Waals surface area contributed by atoms with E-state index in [1.807, 2.05) is 61.5 Å². The number of carbonyl (C=O) groups excluding carboxylic acids is 1. The topological polar surface area (TPSA) is 53.3 Å². The number of nitrogens with zero attached hydrogens (tertiary/aromatic N) is 2. The van der Waals surface area contributed by atoms with Crippen LogP contribution in [-0.2, 0) is 4.79 Å². The van der Waals surface area contributed by atoms with Crippen LogP contribution in [0.2, 0.25) is 0 Å². The maximum Gasteiger partial charge on any atom is 0.237 e. The van der Waals surface area contributed by atoms with E-state index < -0.39 is 0 Å². The number of amides is 1. The maximum absolute atomic E-state index is 12.6. The first-order chi connectivity index (χ1) is 11.7. The molecule has 0 saturated heterocycles. The molecule has 0 aliphatic carbocycles. The van der Waals surface area contributed by atoms with E-state index in [0.29, 0.717) is 25.3 Å². The molecule has 0 fully saturated rings. The molecule has 0 saturated carbocycles. The van der Waals surface area contributed by atoms with Gasteiger partial charge in [0.05, 0.1) is 24.8 Å². The molecule has 0 heterocycles. The second-order valence-corrected chi connectivity index (χ2v) is 6.03. The van der Waals surface area contributed by atoms with E-state index in [4.69, 9.17) is 10.00 Å². The van der Waals surface area contributed by atoms with Crippen LogP contribution in [0.4, 0.5) is 5.69 Å². The molecule has 0 aromatic heterocycles. The summed E-state index contributed by atoms with van der Waals surface area (Å²) in [6.45, 7) is 2.92. The minimum atomic E-state index is -0.0109. The third kappa shape index (κ3) is 5.32. The quantitative estimate of drug-likeness (QED) is 0.678. The van der Waals surface area contributed by atoms with Gasteiger partial charge in [-0.2, -0.15) is 5.26 Å². The molecular formula is C19H20N2O2S. The molecule has 1 amide bonds. The monoisotopic (exact) mass is 340 g/mol. The van der Waals surface area contributed by atoms with Crippen LogP contribution in [0.15, 0.2) is 59.5 Å². The van der Waals surface area contributed by atoms with Crippen LogP contribution >= 0.6 is 11.8 Å². The summed E-state index contributed by atoms with van der Waals surface area (Å²) < 4.78 is 5.43. The van der Waals surface area contributed by atoms with Crippen LogP contribution in [-0.4, -0.2) is 24.8 Å². The fraction of sp³-hybridized carbons (Fsp3) is 0.263. The number of nitriles is 1. The van der Waals surface area contributed by atoms with Crippen molar-refractivity contribution >= 4 is 23.4 Å². The number of ether oxygens (including phenoxy) is 1. The predicted octanol–water partition coefficient (Wildman–Crippen LogP) is 4.12. The van der Waals surface area contributed by atoms with Crippen molar-refractivity contribution < 1.29 is 9.53 Å². The number of thioether (sulfide) groups is 1. The van der Waals surface area contributed by atoms with Crippen molar-refractivity contribution in [2.75, 3.05) is 23.8 Å². The highest BCUT2D eigenvalue weighted by Crippen LogP contribution is 2.23. The van der Waals surface area contributed by atoms with Gasteiger partial charge in [0.15, 0.2) is 0 Å². The number of rotatable bonds is 8. The molecular weight excluding hydrogens is 320 g/mol. The Hall–Kier alpha value is -2.45. The summed E-state index contributed by atoms with van der Waals surface area (Å²) in [6, 6.07) is 19.3. The normalized spacial score (nSPS) is 10.0. The van der Waals surface area contributed by atoms with Gasteiger partial charge >= 0.3 is 0 Å². The zero-order valence-electron chi connectivity index (χ0n) is 13.6. The number of benzene rings is 2. The zero-order chi connectivity index (χ0) is 17.2. The lowest BCUT2D eigenvalue weighted by molar-refractivity contribution is -0.116. The highest BCUT2D eigenvalue weighted by Gasteiger charge is 2.16. The van der Waals surface area contributed by atoms with E-state index in [-0.39, 0.29) is 5.91 Å². The first-order valence-corrected chi connectivity index (χ1v) is 8.81. The van der Waals surface area contributed by atoms with Crippen molar-refractivity contribution in [3.05, 3.63) is 54.6 Å². The molecule has 2 rings (SSSR count). The van der Waals surface area contributed by atoms with Crippen molar-refractivity contribution in [2.24, 2.45) is 0 Å². The van der Waals surface area contributed by atoms with Gasteiger partial charge in [-0.15, -0.1) is 11.8 Å². The van der Waals surface area contributed by atoms with Crippen LogP contribution < -0.4 is 9.64 Å².